The molecule has 0 saturated heterocycles. The Hall–Kier alpha value is -2.74. The van der Waals surface area contributed by atoms with Crippen LogP contribution in [0.2, 0.25) is 0 Å². The molecule has 164 valence electrons. The Morgan fingerprint density at radius 3 is 2.68 bits per heavy atom. The van der Waals surface area contributed by atoms with Crippen LogP contribution in [0.4, 0.5) is 0 Å². The van der Waals surface area contributed by atoms with Crippen molar-refractivity contribution < 1.29 is 37.8 Å². The summed E-state index contributed by atoms with van der Waals surface area (Å²) in [6, 6.07) is 0. The van der Waals surface area contributed by atoms with Gasteiger partial charge in [0.05, 0.1) is 12.0 Å². The molecule has 1 aromatic rings. The van der Waals surface area contributed by atoms with E-state index in [9.17, 15) is 19.2 Å². The maximum Gasteiger partial charge on any atom is 0.342 e. The first-order valence-electron chi connectivity index (χ1n) is 10.5. The molecule has 5 rings (SSSR count). The van der Waals surface area contributed by atoms with Gasteiger partial charge in [-0.3, -0.25) is 14.4 Å². The Kier molecular flexibility index (Phi) is 4.16. The molecule has 0 radical (unpaired) electrons. The number of carbonyl (C=O) groups is 4. The van der Waals surface area contributed by atoms with Gasteiger partial charge in [-0.15, -0.1) is 0 Å². The number of ether oxygens (including phenoxy) is 3. The van der Waals surface area contributed by atoms with Crippen molar-refractivity contribution in [2.45, 2.75) is 57.7 Å². The Morgan fingerprint density at radius 2 is 2.00 bits per heavy atom. The topological polar surface area (TPSA) is 109 Å². The van der Waals surface area contributed by atoms with Crippen LogP contribution < -0.4 is 0 Å². The molecule has 4 aliphatic rings. The number of cyclic esters (lactones) is 1. The standard InChI is InChI=1S/C23H24O8/c1-10(24)30-13-7-22(2)12(5-6-14(22)25)16-18(13)23(3)15(9-28-4)31-21(27)11-8-29-20(17(11)23)19(16)26/h8,12-13,15H,5-7,9H2,1-4H3/t12-,13-,15-,22-,23+/m0/s1. The average Bonchev–Trinajstić information content (AvgIpc) is 3.27. The summed E-state index contributed by atoms with van der Waals surface area (Å²) in [6.45, 7) is 5.11. The normalized spacial score (nSPS) is 36.0. The van der Waals surface area contributed by atoms with Gasteiger partial charge in [0.25, 0.3) is 0 Å². The highest BCUT2D eigenvalue weighted by Crippen LogP contribution is 2.61. The van der Waals surface area contributed by atoms with E-state index in [0.29, 0.717) is 29.6 Å². The zero-order valence-corrected chi connectivity index (χ0v) is 17.9. The van der Waals surface area contributed by atoms with E-state index in [2.05, 4.69) is 0 Å². The van der Waals surface area contributed by atoms with Crippen molar-refractivity contribution in [2.24, 2.45) is 11.3 Å². The molecule has 0 N–H and O–H groups in total. The van der Waals surface area contributed by atoms with Crippen LogP contribution in [0.15, 0.2) is 21.8 Å². The number of allylic oxidation sites excluding steroid dienone is 1. The summed E-state index contributed by atoms with van der Waals surface area (Å²) >= 11 is 0. The summed E-state index contributed by atoms with van der Waals surface area (Å²) in [5.74, 6) is -1.58. The number of hydrogen-bond acceptors (Lipinski definition) is 8. The molecular formula is C23H24O8. The van der Waals surface area contributed by atoms with Crippen LogP contribution in [0.3, 0.4) is 0 Å². The molecular weight excluding hydrogens is 404 g/mol. The van der Waals surface area contributed by atoms with E-state index in [1.807, 2.05) is 13.8 Å². The van der Waals surface area contributed by atoms with E-state index in [1.54, 1.807) is 0 Å². The summed E-state index contributed by atoms with van der Waals surface area (Å²) in [5.41, 5.74) is -0.0741. The molecule has 8 nitrogen and oxygen atoms in total. The van der Waals surface area contributed by atoms with E-state index in [0.717, 1.165) is 0 Å². The fraction of sp³-hybridized carbons (Fsp3) is 0.565. The molecule has 0 unspecified atom stereocenters. The van der Waals surface area contributed by atoms with Gasteiger partial charge in [-0.05, 0) is 18.9 Å². The van der Waals surface area contributed by atoms with E-state index >= 15 is 0 Å². The molecule has 2 heterocycles. The summed E-state index contributed by atoms with van der Waals surface area (Å²) in [5, 5.41) is 0. The maximum atomic E-state index is 13.7. The Morgan fingerprint density at radius 1 is 1.26 bits per heavy atom. The number of Topliss-reactive ketones (excluding diaryl/α,β-unsaturated/α-hetero) is 2. The summed E-state index contributed by atoms with van der Waals surface area (Å²) in [4.78, 5) is 51.2. The lowest BCUT2D eigenvalue weighted by molar-refractivity contribution is -0.149. The van der Waals surface area contributed by atoms with Crippen molar-refractivity contribution in [3.63, 3.8) is 0 Å². The second kappa shape index (κ2) is 6.38. The van der Waals surface area contributed by atoms with Gasteiger partial charge in [0.15, 0.2) is 5.76 Å². The van der Waals surface area contributed by atoms with Gasteiger partial charge in [0.1, 0.15) is 29.8 Å². The Labute approximate surface area is 178 Å². The minimum atomic E-state index is -0.988. The lowest BCUT2D eigenvalue weighted by Crippen LogP contribution is -2.57. The molecule has 0 spiro atoms. The van der Waals surface area contributed by atoms with Gasteiger partial charge in [-0.25, -0.2) is 4.79 Å². The highest BCUT2D eigenvalue weighted by molar-refractivity contribution is 6.14. The lowest BCUT2D eigenvalue weighted by atomic mass is 9.54. The minimum Gasteiger partial charge on any atom is -0.460 e. The maximum absolute atomic E-state index is 13.7. The quantitative estimate of drug-likeness (QED) is 0.676. The Bertz CT molecular complexity index is 1080. The SMILES string of the molecule is COC[C@@H]1OC(=O)c2coc3c2[C@]1(C)C1=C(C3=O)[C@@H]2CCC(=O)[C@@]2(C)C[C@@H]1OC(C)=O. The number of carbonyl (C=O) groups excluding carboxylic acids is 4. The van der Waals surface area contributed by atoms with Gasteiger partial charge in [0.2, 0.25) is 5.78 Å². The summed E-state index contributed by atoms with van der Waals surface area (Å²) in [6.07, 6.45) is 0.906. The molecule has 0 amide bonds. The van der Waals surface area contributed by atoms with Gasteiger partial charge in [0, 0.05) is 49.3 Å². The van der Waals surface area contributed by atoms with Crippen LogP contribution in [0.5, 0.6) is 0 Å². The first-order valence-corrected chi connectivity index (χ1v) is 10.5. The summed E-state index contributed by atoms with van der Waals surface area (Å²) < 4.78 is 22.4. The second-order valence-electron chi connectivity index (χ2n) is 9.30. The van der Waals surface area contributed by atoms with E-state index in [-0.39, 0.29) is 41.8 Å². The minimum absolute atomic E-state index is 0.0635. The van der Waals surface area contributed by atoms with Crippen LogP contribution in [-0.4, -0.2) is 49.4 Å². The van der Waals surface area contributed by atoms with E-state index in [1.165, 1.54) is 20.3 Å². The molecule has 1 fully saturated rings. The van der Waals surface area contributed by atoms with Crippen molar-refractivity contribution in [3.8, 4) is 0 Å². The third kappa shape index (κ3) is 2.39. The largest absolute Gasteiger partial charge is 0.460 e. The fourth-order valence-electron chi connectivity index (χ4n) is 6.28. The van der Waals surface area contributed by atoms with Crippen molar-refractivity contribution >= 4 is 23.5 Å². The van der Waals surface area contributed by atoms with Crippen LogP contribution in [-0.2, 0) is 29.2 Å². The molecule has 8 heteroatoms. The molecule has 3 aliphatic carbocycles. The van der Waals surface area contributed by atoms with Crippen molar-refractivity contribution in [1.29, 1.82) is 0 Å². The zero-order valence-electron chi connectivity index (χ0n) is 17.9. The Balaban J connectivity index is 1.82. The molecule has 1 aromatic heterocycles. The van der Waals surface area contributed by atoms with Crippen LogP contribution >= 0.6 is 0 Å². The first-order chi connectivity index (χ1) is 14.6. The molecule has 0 bridgehead atoms. The highest BCUT2D eigenvalue weighted by atomic mass is 16.6. The number of furan rings is 1. The average molecular weight is 428 g/mol. The van der Waals surface area contributed by atoms with Crippen molar-refractivity contribution in [1.82, 2.24) is 0 Å². The zero-order chi connectivity index (χ0) is 22.3. The molecule has 1 saturated carbocycles. The number of methoxy groups -OCH3 is 1. The molecule has 5 atom stereocenters. The number of rotatable bonds is 3. The number of fused-ring (bicyclic) bond motifs is 3. The third-order valence-corrected chi connectivity index (χ3v) is 7.70. The first kappa shape index (κ1) is 20.2. The van der Waals surface area contributed by atoms with Gasteiger partial charge < -0.3 is 18.6 Å². The number of ketones is 2. The smallest absolute Gasteiger partial charge is 0.342 e. The summed E-state index contributed by atoms with van der Waals surface area (Å²) in [7, 11) is 1.50. The second-order valence-corrected chi connectivity index (χ2v) is 9.30. The predicted octanol–water partition coefficient (Wildman–Crippen LogP) is 2.54. The van der Waals surface area contributed by atoms with Gasteiger partial charge >= 0.3 is 11.9 Å². The van der Waals surface area contributed by atoms with Crippen LogP contribution in [0.25, 0.3) is 0 Å². The molecule has 31 heavy (non-hydrogen) atoms. The van der Waals surface area contributed by atoms with Crippen molar-refractivity contribution in [3.05, 3.63) is 34.3 Å². The lowest BCUT2D eigenvalue weighted by Gasteiger charge is -2.51. The van der Waals surface area contributed by atoms with Crippen LogP contribution in [0, 0.1) is 11.3 Å². The number of esters is 2. The van der Waals surface area contributed by atoms with Gasteiger partial charge in [-0.1, -0.05) is 6.92 Å². The van der Waals surface area contributed by atoms with Gasteiger partial charge in [-0.2, -0.15) is 0 Å². The van der Waals surface area contributed by atoms with E-state index < -0.39 is 35.0 Å². The molecule has 0 aromatic carbocycles. The third-order valence-electron chi connectivity index (χ3n) is 7.70. The monoisotopic (exact) mass is 428 g/mol. The fourth-order valence-corrected chi connectivity index (χ4v) is 6.28. The predicted molar refractivity (Wildman–Crippen MR) is 105 cm³/mol. The van der Waals surface area contributed by atoms with E-state index in [4.69, 9.17) is 18.6 Å². The number of hydrogen-bond donors (Lipinski definition) is 0. The highest BCUT2D eigenvalue weighted by Gasteiger charge is 2.64. The van der Waals surface area contributed by atoms with Crippen LogP contribution in [0.1, 0.15) is 66.5 Å². The molecule has 1 aliphatic heterocycles. The van der Waals surface area contributed by atoms with Crippen molar-refractivity contribution in [2.75, 3.05) is 13.7 Å².